The number of allylic oxidation sites excluding steroid dienone is 1. The summed E-state index contributed by atoms with van der Waals surface area (Å²) in [5.74, 6) is 0.618. The molecule has 2 aromatic carbocycles. The van der Waals surface area contributed by atoms with Crippen molar-refractivity contribution in [2.24, 2.45) is 10.9 Å². The summed E-state index contributed by atoms with van der Waals surface area (Å²) in [4.78, 5) is 29.1. The Kier molecular flexibility index (Phi) is 11.6. The van der Waals surface area contributed by atoms with Crippen LogP contribution < -0.4 is 4.74 Å². The number of aromatic hydroxyl groups is 1. The molecule has 2 atom stereocenters. The third-order valence-corrected chi connectivity index (χ3v) is 7.25. The molecule has 38 heavy (non-hydrogen) atoms. The summed E-state index contributed by atoms with van der Waals surface area (Å²) in [7, 11) is 1.50. The summed E-state index contributed by atoms with van der Waals surface area (Å²) in [6.07, 6.45) is 8.32. The molecule has 204 valence electrons. The third-order valence-electron chi connectivity index (χ3n) is 7.25. The van der Waals surface area contributed by atoms with Crippen LogP contribution in [0.2, 0.25) is 0 Å². The Labute approximate surface area is 226 Å². The fourth-order valence-corrected chi connectivity index (χ4v) is 4.97. The fraction of sp³-hybridized carbons (Fsp3) is 0.469. The van der Waals surface area contributed by atoms with Gasteiger partial charge in [0.05, 0.1) is 13.7 Å². The van der Waals surface area contributed by atoms with Crippen molar-refractivity contribution in [3.8, 4) is 11.5 Å². The number of esters is 1. The molecule has 0 spiro atoms. The minimum atomic E-state index is -0.410. The van der Waals surface area contributed by atoms with Gasteiger partial charge in [-0.25, -0.2) is 0 Å². The van der Waals surface area contributed by atoms with Crippen molar-refractivity contribution >= 4 is 18.0 Å². The Morgan fingerprint density at radius 1 is 1.03 bits per heavy atom. The monoisotopic (exact) mass is 519 g/mol. The maximum atomic E-state index is 12.8. The lowest BCUT2D eigenvalue weighted by atomic mass is 9.88. The highest BCUT2D eigenvalue weighted by Crippen LogP contribution is 2.29. The van der Waals surface area contributed by atoms with Crippen LogP contribution >= 0.6 is 0 Å². The smallest absolute Gasteiger partial charge is 0.302 e. The molecule has 2 unspecified atom stereocenters. The van der Waals surface area contributed by atoms with Crippen LogP contribution in [0.4, 0.5) is 0 Å². The summed E-state index contributed by atoms with van der Waals surface area (Å²) in [5, 5.41) is 9.77. The second-order valence-electron chi connectivity index (χ2n) is 10.1. The molecule has 6 nitrogen and oxygen atoms in total. The minimum Gasteiger partial charge on any atom is -0.504 e. The van der Waals surface area contributed by atoms with Crippen LogP contribution in [-0.4, -0.2) is 42.8 Å². The molecule has 0 radical (unpaired) electrons. The summed E-state index contributed by atoms with van der Waals surface area (Å²) in [5.41, 5.74) is 5.02. The van der Waals surface area contributed by atoms with E-state index in [4.69, 9.17) is 9.47 Å². The van der Waals surface area contributed by atoms with E-state index >= 15 is 0 Å². The van der Waals surface area contributed by atoms with Crippen LogP contribution in [-0.2, 0) is 27.2 Å². The van der Waals surface area contributed by atoms with Crippen LogP contribution in [0.5, 0.6) is 11.5 Å². The molecular weight excluding hydrogens is 478 g/mol. The van der Waals surface area contributed by atoms with E-state index in [9.17, 15) is 14.7 Å². The van der Waals surface area contributed by atoms with Gasteiger partial charge < -0.3 is 14.6 Å². The normalized spacial score (nSPS) is 14.4. The van der Waals surface area contributed by atoms with Gasteiger partial charge in [-0.2, -0.15) is 0 Å². The lowest BCUT2D eigenvalue weighted by Gasteiger charge is -2.21. The van der Waals surface area contributed by atoms with Gasteiger partial charge in [0.1, 0.15) is 11.9 Å². The predicted molar refractivity (Wildman–Crippen MR) is 151 cm³/mol. The van der Waals surface area contributed by atoms with E-state index in [1.165, 1.54) is 30.7 Å². The number of carbonyl (C=O) groups excluding carboxylic acids is 2. The number of methoxy groups -OCH3 is 1. The summed E-state index contributed by atoms with van der Waals surface area (Å²) in [6.45, 7) is 4.38. The summed E-state index contributed by atoms with van der Waals surface area (Å²) in [6, 6.07) is 15.6. The van der Waals surface area contributed by atoms with Gasteiger partial charge in [-0.1, -0.05) is 49.7 Å². The van der Waals surface area contributed by atoms with Gasteiger partial charge in [-0.15, -0.1) is 0 Å². The molecule has 0 saturated carbocycles. The molecule has 1 aliphatic rings. The molecule has 0 fully saturated rings. The number of carbonyl (C=O) groups is 2. The van der Waals surface area contributed by atoms with E-state index in [1.54, 1.807) is 18.2 Å². The molecule has 0 amide bonds. The SMILES string of the molecule is CCC(CCC(CC(=O)CCc1ccc(O)c(OC)c1)OC(C)=O)CC1=C(CCc2ccccc2)CN=C1. The molecule has 1 aliphatic heterocycles. The third kappa shape index (κ3) is 9.47. The number of nitrogens with zero attached hydrogens (tertiary/aromatic N) is 1. The van der Waals surface area contributed by atoms with E-state index in [0.717, 1.165) is 44.2 Å². The Bertz CT molecular complexity index is 1120. The average Bonchev–Trinajstić information content (AvgIpc) is 3.36. The molecule has 0 aromatic heterocycles. The molecule has 1 N–H and O–H groups in total. The van der Waals surface area contributed by atoms with Gasteiger partial charge in [-0.3, -0.25) is 14.6 Å². The first kappa shape index (κ1) is 29.2. The number of hydrogen-bond donors (Lipinski definition) is 1. The standard InChI is InChI=1S/C32H41NO5/c1-4-24(18-28-22-33-21-27(28)14-10-25-8-6-5-7-9-25)12-16-30(38-23(2)34)20-29(35)15-11-26-13-17-31(36)32(19-26)37-3/h5-9,13,17,19,22,24,30,36H,4,10-12,14-16,18,20-21H2,1-3H3. The van der Waals surface area contributed by atoms with E-state index in [1.807, 2.05) is 12.3 Å². The van der Waals surface area contributed by atoms with E-state index in [2.05, 4.69) is 36.2 Å². The molecule has 0 bridgehead atoms. The second kappa shape index (κ2) is 15.1. The zero-order valence-corrected chi connectivity index (χ0v) is 22.9. The number of aliphatic imine (C=N–C) groups is 1. The summed E-state index contributed by atoms with van der Waals surface area (Å²) >= 11 is 0. The average molecular weight is 520 g/mol. The molecule has 0 aliphatic carbocycles. The number of Topliss-reactive ketones (excluding diaryl/α,β-unsaturated/α-hetero) is 1. The Morgan fingerprint density at radius 3 is 2.53 bits per heavy atom. The first-order valence-electron chi connectivity index (χ1n) is 13.7. The number of phenols is 1. The Balaban J connectivity index is 1.51. The number of aryl methyl sites for hydroxylation is 2. The van der Waals surface area contributed by atoms with Gasteiger partial charge >= 0.3 is 5.97 Å². The van der Waals surface area contributed by atoms with Crippen molar-refractivity contribution in [1.29, 1.82) is 0 Å². The predicted octanol–water partition coefficient (Wildman–Crippen LogP) is 6.43. The van der Waals surface area contributed by atoms with E-state index in [0.29, 0.717) is 30.9 Å². The molecule has 6 heteroatoms. The Morgan fingerprint density at radius 2 is 1.82 bits per heavy atom. The molecule has 3 rings (SSSR count). The molecular formula is C32H41NO5. The van der Waals surface area contributed by atoms with Crippen LogP contribution in [0.25, 0.3) is 0 Å². The van der Waals surface area contributed by atoms with Gasteiger partial charge in [0, 0.05) is 26.0 Å². The second-order valence-corrected chi connectivity index (χ2v) is 10.1. The lowest BCUT2D eigenvalue weighted by Crippen LogP contribution is -2.22. The van der Waals surface area contributed by atoms with Crippen molar-refractivity contribution in [3.63, 3.8) is 0 Å². The fourth-order valence-electron chi connectivity index (χ4n) is 4.97. The minimum absolute atomic E-state index is 0.0603. The zero-order valence-electron chi connectivity index (χ0n) is 22.9. The van der Waals surface area contributed by atoms with Crippen molar-refractivity contribution in [3.05, 3.63) is 70.8 Å². The van der Waals surface area contributed by atoms with Crippen molar-refractivity contribution in [1.82, 2.24) is 0 Å². The van der Waals surface area contributed by atoms with Crippen molar-refractivity contribution < 1.29 is 24.2 Å². The number of rotatable bonds is 16. The van der Waals surface area contributed by atoms with Gasteiger partial charge in [0.25, 0.3) is 0 Å². The number of hydrogen-bond acceptors (Lipinski definition) is 6. The molecule has 0 saturated heterocycles. The summed E-state index contributed by atoms with van der Waals surface area (Å²) < 4.78 is 10.7. The first-order valence-corrected chi connectivity index (χ1v) is 13.7. The van der Waals surface area contributed by atoms with Crippen LogP contribution in [0.15, 0.2) is 64.7 Å². The van der Waals surface area contributed by atoms with Gasteiger partial charge in [0.2, 0.25) is 0 Å². The zero-order chi connectivity index (χ0) is 27.3. The van der Waals surface area contributed by atoms with Crippen LogP contribution in [0.3, 0.4) is 0 Å². The lowest BCUT2D eigenvalue weighted by molar-refractivity contribution is -0.148. The highest BCUT2D eigenvalue weighted by molar-refractivity contribution is 5.82. The number of ketones is 1. The first-order chi connectivity index (χ1) is 18.4. The van der Waals surface area contributed by atoms with Crippen molar-refractivity contribution in [2.45, 2.75) is 77.7 Å². The van der Waals surface area contributed by atoms with Gasteiger partial charge in [-0.05, 0) is 78.8 Å². The van der Waals surface area contributed by atoms with E-state index in [-0.39, 0.29) is 23.9 Å². The Hall–Kier alpha value is -3.41. The molecule has 1 heterocycles. The van der Waals surface area contributed by atoms with Crippen LogP contribution in [0.1, 0.15) is 69.9 Å². The van der Waals surface area contributed by atoms with Gasteiger partial charge in [0.15, 0.2) is 11.5 Å². The topological polar surface area (TPSA) is 85.2 Å². The molecule has 2 aromatic rings. The maximum absolute atomic E-state index is 12.8. The highest BCUT2D eigenvalue weighted by Gasteiger charge is 2.21. The van der Waals surface area contributed by atoms with Crippen molar-refractivity contribution in [2.75, 3.05) is 13.7 Å². The largest absolute Gasteiger partial charge is 0.504 e. The van der Waals surface area contributed by atoms with E-state index < -0.39 is 6.10 Å². The number of phenolic OH excluding ortho intramolecular Hbond substituents is 1. The maximum Gasteiger partial charge on any atom is 0.302 e. The quantitative estimate of drug-likeness (QED) is 0.258. The van der Waals surface area contributed by atoms with Crippen LogP contribution in [0, 0.1) is 5.92 Å². The highest BCUT2D eigenvalue weighted by atomic mass is 16.5. The number of ether oxygens (including phenoxy) is 2. The number of benzene rings is 2.